The molecule has 1 heterocycles. The van der Waals surface area contributed by atoms with E-state index in [-0.39, 0.29) is 11.7 Å². The number of amides is 1. The Balaban J connectivity index is 1.54. The van der Waals surface area contributed by atoms with Crippen molar-refractivity contribution in [2.45, 2.75) is 43.3 Å². The third-order valence-electron chi connectivity index (χ3n) is 5.72. The Kier molecular flexibility index (Phi) is 7.77. The molecule has 0 atom stereocenters. The van der Waals surface area contributed by atoms with Gasteiger partial charge in [0.1, 0.15) is 11.5 Å². The number of hydrogen-bond acceptors (Lipinski definition) is 6. The smallest absolute Gasteiger partial charge is 0.234 e. The van der Waals surface area contributed by atoms with Crippen molar-refractivity contribution in [2.24, 2.45) is 0 Å². The summed E-state index contributed by atoms with van der Waals surface area (Å²) in [5, 5.41) is 13.1. The van der Waals surface area contributed by atoms with Crippen molar-refractivity contribution in [1.82, 2.24) is 14.8 Å². The van der Waals surface area contributed by atoms with Gasteiger partial charge < -0.3 is 14.8 Å². The van der Waals surface area contributed by atoms with Gasteiger partial charge in [-0.2, -0.15) is 0 Å². The van der Waals surface area contributed by atoms with Crippen molar-refractivity contribution in [1.29, 1.82) is 0 Å². The van der Waals surface area contributed by atoms with Crippen LogP contribution >= 0.6 is 23.4 Å². The van der Waals surface area contributed by atoms with Crippen LogP contribution in [0.4, 0.5) is 5.69 Å². The molecule has 1 amide bonds. The lowest BCUT2D eigenvalue weighted by molar-refractivity contribution is -0.113. The summed E-state index contributed by atoms with van der Waals surface area (Å²) in [6.07, 6.45) is 5.79. The number of benzene rings is 2. The number of aromatic nitrogens is 3. The lowest BCUT2D eigenvalue weighted by Gasteiger charge is -2.25. The second kappa shape index (κ2) is 10.9. The predicted octanol–water partition coefficient (Wildman–Crippen LogP) is 5.85. The van der Waals surface area contributed by atoms with Crippen molar-refractivity contribution >= 4 is 35.0 Å². The molecule has 0 aliphatic heterocycles. The molecule has 33 heavy (non-hydrogen) atoms. The van der Waals surface area contributed by atoms with Gasteiger partial charge in [0, 0.05) is 16.6 Å². The van der Waals surface area contributed by atoms with Crippen molar-refractivity contribution in [3.63, 3.8) is 0 Å². The Morgan fingerprint density at radius 2 is 1.85 bits per heavy atom. The number of thioether (sulfide) groups is 1. The summed E-state index contributed by atoms with van der Waals surface area (Å²) in [6, 6.07) is 13.3. The summed E-state index contributed by atoms with van der Waals surface area (Å²) in [5.74, 6) is 2.21. The van der Waals surface area contributed by atoms with E-state index in [1.54, 1.807) is 32.4 Å². The molecule has 2 aromatic carbocycles. The van der Waals surface area contributed by atoms with Crippen molar-refractivity contribution < 1.29 is 14.3 Å². The number of carbonyl (C=O) groups excluding carboxylic acids is 1. The van der Waals surface area contributed by atoms with Gasteiger partial charge in [-0.25, -0.2) is 0 Å². The van der Waals surface area contributed by atoms with Gasteiger partial charge >= 0.3 is 0 Å². The minimum atomic E-state index is -0.162. The maximum atomic E-state index is 12.7. The van der Waals surface area contributed by atoms with Crippen LogP contribution < -0.4 is 14.8 Å². The highest BCUT2D eigenvalue weighted by Gasteiger charge is 2.24. The highest BCUT2D eigenvalue weighted by Crippen LogP contribution is 2.36. The molecule has 9 heteroatoms. The van der Waals surface area contributed by atoms with E-state index in [1.165, 1.54) is 31.0 Å². The van der Waals surface area contributed by atoms with Crippen LogP contribution in [0.2, 0.25) is 5.02 Å². The number of hydrogen-bond donors (Lipinski definition) is 1. The number of rotatable bonds is 8. The maximum Gasteiger partial charge on any atom is 0.234 e. The number of carbonyl (C=O) groups is 1. The van der Waals surface area contributed by atoms with E-state index in [1.807, 2.05) is 24.3 Å². The monoisotopic (exact) mass is 486 g/mol. The normalized spacial score (nSPS) is 14.2. The SMILES string of the molecule is COc1ccc(-c2nnc(SCC(=O)Nc3cc(Cl)ccc3OC)n2C2CCCCC2)cc1. The van der Waals surface area contributed by atoms with E-state index in [2.05, 4.69) is 20.1 Å². The maximum absolute atomic E-state index is 12.7. The number of nitrogens with zero attached hydrogens (tertiary/aromatic N) is 3. The zero-order valence-electron chi connectivity index (χ0n) is 18.7. The van der Waals surface area contributed by atoms with Gasteiger partial charge in [-0.1, -0.05) is 42.6 Å². The molecule has 1 aliphatic carbocycles. The summed E-state index contributed by atoms with van der Waals surface area (Å²) in [6.45, 7) is 0. The van der Waals surface area contributed by atoms with Crippen LogP contribution in [0.3, 0.4) is 0 Å². The summed E-state index contributed by atoms with van der Waals surface area (Å²) >= 11 is 7.46. The first-order valence-electron chi connectivity index (χ1n) is 10.9. The topological polar surface area (TPSA) is 78.3 Å². The van der Waals surface area contributed by atoms with E-state index < -0.39 is 0 Å². The minimum absolute atomic E-state index is 0.162. The highest BCUT2D eigenvalue weighted by atomic mass is 35.5. The van der Waals surface area contributed by atoms with Gasteiger partial charge in [0.15, 0.2) is 11.0 Å². The second-order valence-electron chi connectivity index (χ2n) is 7.88. The average Bonchev–Trinajstić information content (AvgIpc) is 3.27. The van der Waals surface area contributed by atoms with Crippen LogP contribution in [0.25, 0.3) is 11.4 Å². The fourth-order valence-corrected chi connectivity index (χ4v) is 5.05. The summed E-state index contributed by atoms with van der Waals surface area (Å²) in [7, 11) is 3.21. The average molecular weight is 487 g/mol. The molecule has 1 aromatic heterocycles. The second-order valence-corrected chi connectivity index (χ2v) is 9.26. The van der Waals surface area contributed by atoms with Gasteiger partial charge in [-0.15, -0.1) is 10.2 Å². The molecule has 174 valence electrons. The standard InChI is InChI=1S/C24H27ClN4O3S/c1-31-19-11-8-16(9-12-19)23-27-28-24(29(23)18-6-4-3-5-7-18)33-15-22(30)26-20-14-17(25)10-13-21(20)32-2/h8-14,18H,3-7,15H2,1-2H3,(H,26,30). The first kappa shape index (κ1) is 23.4. The van der Waals surface area contributed by atoms with Crippen molar-refractivity contribution in [2.75, 3.05) is 25.3 Å². The number of anilines is 1. The molecule has 1 aliphatic rings. The van der Waals surface area contributed by atoms with Gasteiger partial charge in [0.25, 0.3) is 0 Å². The molecule has 4 rings (SSSR count). The zero-order chi connectivity index (χ0) is 23.2. The number of ether oxygens (including phenoxy) is 2. The summed E-state index contributed by atoms with van der Waals surface area (Å²) in [5.41, 5.74) is 1.53. The molecule has 1 N–H and O–H groups in total. The Morgan fingerprint density at radius 1 is 1.09 bits per heavy atom. The predicted molar refractivity (Wildman–Crippen MR) is 131 cm³/mol. The molecule has 1 saturated carbocycles. The molecular weight excluding hydrogens is 460 g/mol. The van der Waals surface area contributed by atoms with Gasteiger partial charge in [0.2, 0.25) is 5.91 Å². The number of methoxy groups -OCH3 is 2. The van der Waals surface area contributed by atoms with Crippen LogP contribution in [0.15, 0.2) is 47.6 Å². The Bertz CT molecular complexity index is 1100. The Labute approximate surface area is 202 Å². The largest absolute Gasteiger partial charge is 0.497 e. The Hall–Kier alpha value is -2.71. The third-order valence-corrected chi connectivity index (χ3v) is 6.90. The number of halogens is 1. The molecular formula is C24H27ClN4O3S. The van der Waals surface area contributed by atoms with Crippen LogP contribution in [0.5, 0.6) is 11.5 Å². The van der Waals surface area contributed by atoms with Gasteiger partial charge in [-0.05, 0) is 55.3 Å². The van der Waals surface area contributed by atoms with E-state index in [4.69, 9.17) is 21.1 Å². The van der Waals surface area contributed by atoms with E-state index in [9.17, 15) is 4.79 Å². The van der Waals surface area contributed by atoms with E-state index in [0.717, 1.165) is 35.1 Å². The lowest BCUT2D eigenvalue weighted by Crippen LogP contribution is -2.17. The van der Waals surface area contributed by atoms with E-state index >= 15 is 0 Å². The van der Waals surface area contributed by atoms with Crippen LogP contribution in [0.1, 0.15) is 38.1 Å². The third kappa shape index (κ3) is 5.62. The Morgan fingerprint density at radius 3 is 2.55 bits per heavy atom. The molecule has 1 fully saturated rings. The first-order valence-corrected chi connectivity index (χ1v) is 12.3. The van der Waals surface area contributed by atoms with Gasteiger partial charge in [-0.3, -0.25) is 9.36 Å². The molecule has 0 radical (unpaired) electrons. The minimum Gasteiger partial charge on any atom is -0.497 e. The lowest BCUT2D eigenvalue weighted by atomic mass is 9.95. The molecule has 7 nitrogen and oxygen atoms in total. The zero-order valence-corrected chi connectivity index (χ0v) is 20.3. The highest BCUT2D eigenvalue weighted by molar-refractivity contribution is 7.99. The van der Waals surface area contributed by atoms with Crippen LogP contribution in [0, 0.1) is 0 Å². The molecule has 0 spiro atoms. The summed E-state index contributed by atoms with van der Waals surface area (Å²) in [4.78, 5) is 12.7. The van der Waals surface area contributed by atoms with Crippen LogP contribution in [-0.4, -0.2) is 40.6 Å². The van der Waals surface area contributed by atoms with Crippen LogP contribution in [-0.2, 0) is 4.79 Å². The molecule has 3 aromatic rings. The van der Waals surface area contributed by atoms with E-state index in [0.29, 0.717) is 22.5 Å². The van der Waals surface area contributed by atoms with Crippen molar-refractivity contribution in [3.8, 4) is 22.9 Å². The fraction of sp³-hybridized carbons (Fsp3) is 0.375. The molecule has 0 saturated heterocycles. The molecule has 0 bridgehead atoms. The summed E-state index contributed by atoms with van der Waals surface area (Å²) < 4.78 is 12.8. The fourth-order valence-electron chi connectivity index (χ4n) is 4.08. The first-order chi connectivity index (χ1) is 16.1. The van der Waals surface area contributed by atoms with Gasteiger partial charge in [0.05, 0.1) is 25.7 Å². The molecule has 0 unspecified atom stereocenters. The quantitative estimate of drug-likeness (QED) is 0.402. The van der Waals surface area contributed by atoms with Crippen molar-refractivity contribution in [3.05, 3.63) is 47.5 Å². The number of nitrogens with one attached hydrogen (secondary N) is 1.